The first kappa shape index (κ1) is 16.5. The molecule has 1 aromatic heterocycles. The van der Waals surface area contributed by atoms with Gasteiger partial charge in [-0.3, -0.25) is 0 Å². The summed E-state index contributed by atoms with van der Waals surface area (Å²) in [5.74, 6) is 0. The summed E-state index contributed by atoms with van der Waals surface area (Å²) in [5, 5.41) is 3.31. The maximum atomic E-state index is 12.5. The number of hydrogen-bond donors (Lipinski definition) is 1. The van der Waals surface area contributed by atoms with Crippen LogP contribution < -0.4 is 5.32 Å². The first-order valence-electron chi connectivity index (χ1n) is 8.34. The van der Waals surface area contributed by atoms with Gasteiger partial charge in [0.15, 0.2) is 0 Å². The number of nitrogens with zero attached hydrogens (tertiary/aromatic N) is 2. The normalized spacial score (nSPS) is 25.2. The largest absolute Gasteiger partial charge is 0.378 e. The van der Waals surface area contributed by atoms with E-state index in [1.165, 1.54) is 12.8 Å². The van der Waals surface area contributed by atoms with Gasteiger partial charge in [0.2, 0.25) is 0 Å². The molecule has 2 amide bonds. The smallest absolute Gasteiger partial charge is 0.321 e. The van der Waals surface area contributed by atoms with Gasteiger partial charge < -0.3 is 15.0 Å². The Morgan fingerprint density at radius 1 is 1.48 bits per heavy atom. The minimum Gasteiger partial charge on any atom is -0.378 e. The lowest BCUT2D eigenvalue weighted by atomic mass is 9.60. The number of amides is 2. The van der Waals surface area contributed by atoms with Gasteiger partial charge in [0.05, 0.1) is 18.0 Å². The summed E-state index contributed by atoms with van der Waals surface area (Å²) in [7, 11) is 1.88. The zero-order valence-electron chi connectivity index (χ0n) is 13.7. The number of anilines is 1. The highest BCUT2D eigenvalue weighted by molar-refractivity contribution is 6.29. The van der Waals surface area contributed by atoms with Crippen LogP contribution in [-0.4, -0.2) is 41.7 Å². The molecule has 0 radical (unpaired) electrons. The predicted molar refractivity (Wildman–Crippen MR) is 90.7 cm³/mol. The van der Waals surface area contributed by atoms with Gasteiger partial charge in [0.25, 0.3) is 0 Å². The third kappa shape index (κ3) is 3.04. The number of halogens is 1. The number of aromatic nitrogens is 1. The molecule has 3 rings (SSSR count). The van der Waals surface area contributed by atoms with Crippen molar-refractivity contribution in [3.63, 3.8) is 0 Å². The van der Waals surface area contributed by atoms with E-state index in [0.29, 0.717) is 16.9 Å². The Bertz CT molecular complexity index is 557. The molecule has 1 aromatic rings. The summed E-state index contributed by atoms with van der Waals surface area (Å²) >= 11 is 5.77. The summed E-state index contributed by atoms with van der Waals surface area (Å²) in [4.78, 5) is 18.4. The molecule has 2 aliphatic rings. The SMILES string of the molecule is CCO[C@H]1C[C@@H](N(C)C(=O)Nc2ccc(Cl)nc2)C12CCCC2. The quantitative estimate of drug-likeness (QED) is 0.847. The number of rotatable bonds is 4. The molecular weight excluding hydrogens is 314 g/mol. The van der Waals surface area contributed by atoms with E-state index in [4.69, 9.17) is 16.3 Å². The zero-order valence-corrected chi connectivity index (χ0v) is 14.5. The highest BCUT2D eigenvalue weighted by atomic mass is 35.5. The van der Waals surface area contributed by atoms with Crippen molar-refractivity contribution in [3.05, 3.63) is 23.5 Å². The molecule has 1 N–H and O–H groups in total. The third-order valence-corrected chi connectivity index (χ3v) is 5.63. The topological polar surface area (TPSA) is 54.5 Å². The Balaban J connectivity index is 1.66. The molecule has 1 heterocycles. The Kier molecular flexibility index (Phi) is 4.78. The van der Waals surface area contributed by atoms with Gasteiger partial charge in [0, 0.05) is 25.1 Å². The van der Waals surface area contributed by atoms with Crippen LogP contribution in [0.5, 0.6) is 0 Å². The van der Waals surface area contributed by atoms with Crippen LogP contribution in [0.3, 0.4) is 0 Å². The van der Waals surface area contributed by atoms with Gasteiger partial charge in [-0.2, -0.15) is 0 Å². The number of ether oxygens (including phenoxy) is 1. The second kappa shape index (κ2) is 6.65. The molecular formula is C17H24ClN3O2. The zero-order chi connectivity index (χ0) is 16.4. The van der Waals surface area contributed by atoms with Crippen LogP contribution in [0.25, 0.3) is 0 Å². The van der Waals surface area contributed by atoms with Gasteiger partial charge in [0.1, 0.15) is 5.15 Å². The van der Waals surface area contributed by atoms with E-state index in [2.05, 4.69) is 10.3 Å². The molecule has 2 aliphatic carbocycles. The first-order valence-corrected chi connectivity index (χ1v) is 8.71. The fraction of sp³-hybridized carbons (Fsp3) is 0.647. The van der Waals surface area contributed by atoms with Gasteiger partial charge >= 0.3 is 6.03 Å². The molecule has 1 spiro atoms. The molecule has 2 fully saturated rings. The Labute approximate surface area is 142 Å². The second-order valence-electron chi connectivity index (χ2n) is 6.55. The van der Waals surface area contributed by atoms with E-state index in [0.717, 1.165) is 25.9 Å². The minimum atomic E-state index is -0.0969. The summed E-state index contributed by atoms with van der Waals surface area (Å²) in [6, 6.07) is 3.59. The van der Waals surface area contributed by atoms with Crippen LogP contribution in [0.2, 0.25) is 5.15 Å². The average molecular weight is 338 g/mol. The van der Waals surface area contributed by atoms with E-state index >= 15 is 0 Å². The molecule has 0 unspecified atom stereocenters. The van der Waals surface area contributed by atoms with Gasteiger partial charge in [-0.15, -0.1) is 0 Å². The standard InChI is InChI=1S/C17H24ClN3O2/c1-3-23-14-10-13(17(14)8-4-5-9-17)21(2)16(22)20-12-6-7-15(18)19-11-12/h6-7,11,13-14H,3-5,8-10H2,1-2H3,(H,20,22)/t13-,14+/m1/s1. The second-order valence-corrected chi connectivity index (χ2v) is 6.93. The lowest BCUT2D eigenvalue weighted by Crippen LogP contribution is -2.64. The van der Waals surface area contributed by atoms with Crippen LogP contribution in [-0.2, 0) is 4.74 Å². The number of nitrogens with one attached hydrogen (secondary N) is 1. The molecule has 126 valence electrons. The van der Waals surface area contributed by atoms with Crippen LogP contribution in [0.1, 0.15) is 39.0 Å². The average Bonchev–Trinajstić information content (AvgIpc) is 3.05. The molecule has 6 heteroatoms. The van der Waals surface area contributed by atoms with Crippen LogP contribution in [0.4, 0.5) is 10.5 Å². The van der Waals surface area contributed by atoms with Gasteiger partial charge in [-0.25, -0.2) is 9.78 Å². The molecule has 23 heavy (non-hydrogen) atoms. The number of carbonyl (C=O) groups excluding carboxylic acids is 1. The van der Waals surface area contributed by atoms with Crippen molar-refractivity contribution in [1.29, 1.82) is 0 Å². The van der Waals surface area contributed by atoms with E-state index in [1.807, 2.05) is 18.9 Å². The Morgan fingerprint density at radius 3 is 2.83 bits per heavy atom. The summed E-state index contributed by atoms with van der Waals surface area (Å²) in [6.45, 7) is 2.78. The van der Waals surface area contributed by atoms with Crippen molar-refractivity contribution in [2.75, 3.05) is 19.0 Å². The minimum absolute atomic E-state index is 0.0969. The maximum absolute atomic E-state index is 12.5. The van der Waals surface area contributed by atoms with Crippen molar-refractivity contribution in [2.24, 2.45) is 5.41 Å². The number of pyridine rings is 1. The summed E-state index contributed by atoms with van der Waals surface area (Å²) < 4.78 is 5.92. The Hall–Kier alpha value is -1.33. The van der Waals surface area contributed by atoms with E-state index in [9.17, 15) is 4.79 Å². The molecule has 0 saturated heterocycles. The first-order chi connectivity index (χ1) is 11.1. The van der Waals surface area contributed by atoms with Crippen LogP contribution in [0.15, 0.2) is 18.3 Å². The molecule has 0 aliphatic heterocycles. The molecule has 2 saturated carbocycles. The summed E-state index contributed by atoms with van der Waals surface area (Å²) in [5.41, 5.74) is 0.813. The predicted octanol–water partition coefficient (Wildman–Crippen LogP) is 3.94. The van der Waals surface area contributed by atoms with Gasteiger partial charge in [-0.1, -0.05) is 24.4 Å². The van der Waals surface area contributed by atoms with Crippen molar-refractivity contribution >= 4 is 23.3 Å². The van der Waals surface area contributed by atoms with Crippen molar-refractivity contribution in [3.8, 4) is 0 Å². The van der Waals surface area contributed by atoms with E-state index in [-0.39, 0.29) is 17.5 Å². The van der Waals surface area contributed by atoms with Crippen LogP contribution in [0, 0.1) is 5.41 Å². The van der Waals surface area contributed by atoms with Crippen molar-refractivity contribution in [1.82, 2.24) is 9.88 Å². The molecule has 2 atom stereocenters. The number of hydrogen-bond acceptors (Lipinski definition) is 3. The lowest BCUT2D eigenvalue weighted by Gasteiger charge is -2.56. The van der Waals surface area contributed by atoms with E-state index in [1.54, 1.807) is 18.3 Å². The Morgan fingerprint density at radius 2 is 2.22 bits per heavy atom. The highest BCUT2D eigenvalue weighted by Gasteiger charge is 2.58. The van der Waals surface area contributed by atoms with E-state index < -0.39 is 0 Å². The van der Waals surface area contributed by atoms with Gasteiger partial charge in [-0.05, 0) is 38.3 Å². The number of urea groups is 1. The van der Waals surface area contributed by atoms with Crippen molar-refractivity contribution in [2.45, 2.75) is 51.2 Å². The van der Waals surface area contributed by atoms with Crippen molar-refractivity contribution < 1.29 is 9.53 Å². The monoisotopic (exact) mass is 337 g/mol. The third-order valence-electron chi connectivity index (χ3n) is 5.41. The summed E-state index contributed by atoms with van der Waals surface area (Å²) in [6.07, 6.45) is 7.57. The maximum Gasteiger partial charge on any atom is 0.321 e. The van der Waals surface area contributed by atoms with Crippen LogP contribution >= 0.6 is 11.6 Å². The number of carbonyl (C=O) groups is 1. The molecule has 5 nitrogen and oxygen atoms in total. The molecule has 0 aromatic carbocycles. The molecule has 0 bridgehead atoms. The highest BCUT2D eigenvalue weighted by Crippen LogP contribution is 2.56. The fourth-order valence-electron chi connectivity index (χ4n) is 4.20. The fourth-order valence-corrected chi connectivity index (χ4v) is 4.31. The lowest BCUT2D eigenvalue weighted by molar-refractivity contribution is -0.150.